The first-order valence-corrected chi connectivity index (χ1v) is 5.36. The molecule has 0 radical (unpaired) electrons. The van der Waals surface area contributed by atoms with Crippen LogP contribution in [0, 0.1) is 18.3 Å². The van der Waals surface area contributed by atoms with Crippen LogP contribution in [-0.4, -0.2) is 4.98 Å². The smallest absolute Gasteiger partial charge is 0.0965 e. The zero-order valence-corrected chi connectivity index (χ0v) is 10.2. The zero-order chi connectivity index (χ0) is 10.8. The average Bonchev–Trinajstić information content (AvgIpc) is 2.17. The van der Waals surface area contributed by atoms with Crippen LogP contribution < -0.4 is 0 Å². The highest BCUT2D eigenvalue weighted by atomic mass is 79.9. The number of pyridine rings is 1. The second-order valence-corrected chi connectivity index (χ2v) is 4.53. The molecule has 3 heteroatoms. The first-order chi connectivity index (χ1) is 6.53. The predicted octanol–water partition coefficient (Wildman–Crippen LogP) is 3.34. The van der Waals surface area contributed by atoms with Crippen molar-refractivity contribution in [1.82, 2.24) is 4.98 Å². The molecule has 74 valence electrons. The third-order valence-corrected chi connectivity index (χ3v) is 2.96. The molecule has 0 aliphatic heterocycles. The molecule has 0 saturated heterocycles. The fourth-order valence-corrected chi connectivity index (χ4v) is 1.86. The van der Waals surface area contributed by atoms with Crippen molar-refractivity contribution >= 4 is 15.9 Å². The number of rotatable bonds is 2. The van der Waals surface area contributed by atoms with E-state index in [1.165, 1.54) is 0 Å². The van der Waals surface area contributed by atoms with Crippen LogP contribution in [0.15, 0.2) is 16.7 Å². The Kier molecular flexibility index (Phi) is 3.28. The normalized spacial score (nSPS) is 14.5. The van der Waals surface area contributed by atoms with Crippen molar-refractivity contribution < 1.29 is 0 Å². The Balaban J connectivity index is 3.26. The molecule has 0 aromatic carbocycles. The molecule has 0 bridgehead atoms. The molecule has 1 aromatic rings. The van der Waals surface area contributed by atoms with Gasteiger partial charge in [-0.15, -0.1) is 0 Å². The van der Waals surface area contributed by atoms with Gasteiger partial charge < -0.3 is 0 Å². The molecule has 0 aliphatic rings. The number of hydrogen-bond donors (Lipinski definition) is 0. The van der Waals surface area contributed by atoms with E-state index in [0.717, 1.165) is 22.2 Å². The third kappa shape index (κ3) is 1.96. The fourth-order valence-electron chi connectivity index (χ4n) is 1.42. The molecule has 1 heterocycles. The van der Waals surface area contributed by atoms with Gasteiger partial charge in [-0.25, -0.2) is 0 Å². The number of hydrogen-bond acceptors (Lipinski definition) is 2. The largest absolute Gasteiger partial charge is 0.258 e. The maximum atomic E-state index is 9.13. The summed E-state index contributed by atoms with van der Waals surface area (Å²) < 4.78 is 0.954. The summed E-state index contributed by atoms with van der Waals surface area (Å²) in [5.41, 5.74) is 1.47. The summed E-state index contributed by atoms with van der Waals surface area (Å²) >= 11 is 3.36. The predicted molar refractivity (Wildman–Crippen MR) is 59.9 cm³/mol. The molecule has 2 nitrogen and oxygen atoms in total. The summed E-state index contributed by atoms with van der Waals surface area (Å²) in [6, 6.07) is 4.32. The highest BCUT2D eigenvalue weighted by Crippen LogP contribution is 2.28. The molecule has 0 aliphatic carbocycles. The van der Waals surface area contributed by atoms with Crippen LogP contribution in [0.2, 0.25) is 0 Å². The second-order valence-electron chi connectivity index (χ2n) is 3.62. The summed E-state index contributed by atoms with van der Waals surface area (Å²) in [6.07, 6.45) is 2.52. The summed E-state index contributed by atoms with van der Waals surface area (Å²) in [5.74, 6) is 0. The van der Waals surface area contributed by atoms with E-state index in [1.807, 2.05) is 26.8 Å². The van der Waals surface area contributed by atoms with Crippen molar-refractivity contribution in [2.45, 2.75) is 32.6 Å². The first-order valence-electron chi connectivity index (χ1n) is 4.57. The van der Waals surface area contributed by atoms with Crippen molar-refractivity contribution in [2.24, 2.45) is 0 Å². The van der Waals surface area contributed by atoms with Gasteiger partial charge in [0.25, 0.3) is 0 Å². The van der Waals surface area contributed by atoms with Gasteiger partial charge in [-0.1, -0.05) is 6.92 Å². The number of nitrogens with zero attached hydrogens (tertiary/aromatic N) is 2. The van der Waals surface area contributed by atoms with Crippen LogP contribution in [0.5, 0.6) is 0 Å². The van der Waals surface area contributed by atoms with E-state index in [4.69, 9.17) is 5.26 Å². The molecule has 0 N–H and O–H groups in total. The minimum Gasteiger partial charge on any atom is -0.258 e. The number of halogens is 1. The van der Waals surface area contributed by atoms with Crippen LogP contribution in [-0.2, 0) is 5.41 Å². The summed E-state index contributed by atoms with van der Waals surface area (Å²) in [6.45, 7) is 5.92. The quantitative estimate of drug-likeness (QED) is 0.810. The molecule has 0 fully saturated rings. The van der Waals surface area contributed by atoms with Gasteiger partial charge >= 0.3 is 0 Å². The summed E-state index contributed by atoms with van der Waals surface area (Å²) in [4.78, 5) is 4.32. The van der Waals surface area contributed by atoms with Gasteiger partial charge in [-0.05, 0) is 47.8 Å². The Morgan fingerprint density at radius 1 is 1.64 bits per heavy atom. The molecule has 1 rings (SSSR count). The van der Waals surface area contributed by atoms with Gasteiger partial charge in [-0.3, -0.25) is 4.98 Å². The van der Waals surface area contributed by atoms with Gasteiger partial charge in [0.15, 0.2) is 0 Å². The monoisotopic (exact) mass is 252 g/mol. The van der Waals surface area contributed by atoms with E-state index >= 15 is 0 Å². The van der Waals surface area contributed by atoms with Gasteiger partial charge in [0, 0.05) is 10.7 Å². The molecular weight excluding hydrogens is 240 g/mol. The molecule has 14 heavy (non-hydrogen) atoms. The number of aryl methyl sites for hydroxylation is 1. The number of aromatic nitrogens is 1. The van der Waals surface area contributed by atoms with Crippen molar-refractivity contribution in [3.63, 3.8) is 0 Å². The number of nitriles is 1. The first kappa shape index (κ1) is 11.2. The molecular formula is C11H13BrN2. The zero-order valence-electron chi connectivity index (χ0n) is 8.63. The van der Waals surface area contributed by atoms with Crippen molar-refractivity contribution in [3.05, 3.63) is 28.0 Å². The minimum absolute atomic E-state index is 0.467. The van der Waals surface area contributed by atoms with Crippen molar-refractivity contribution in [2.75, 3.05) is 0 Å². The van der Waals surface area contributed by atoms with Gasteiger partial charge in [0.05, 0.1) is 17.2 Å². The van der Waals surface area contributed by atoms with Crippen molar-refractivity contribution in [1.29, 1.82) is 5.26 Å². The van der Waals surface area contributed by atoms with Crippen LogP contribution in [0.25, 0.3) is 0 Å². The summed E-state index contributed by atoms with van der Waals surface area (Å²) in [5, 5.41) is 9.13. The van der Waals surface area contributed by atoms with E-state index in [9.17, 15) is 0 Å². The topological polar surface area (TPSA) is 36.7 Å². The maximum absolute atomic E-state index is 9.13. The van der Waals surface area contributed by atoms with E-state index < -0.39 is 5.41 Å². The third-order valence-electron chi connectivity index (χ3n) is 2.52. The lowest BCUT2D eigenvalue weighted by molar-refractivity contribution is 0.564. The van der Waals surface area contributed by atoms with Crippen LogP contribution in [0.1, 0.15) is 31.5 Å². The van der Waals surface area contributed by atoms with Crippen molar-refractivity contribution in [3.8, 4) is 6.07 Å². The highest BCUT2D eigenvalue weighted by molar-refractivity contribution is 9.10. The van der Waals surface area contributed by atoms with E-state index in [2.05, 4.69) is 27.0 Å². The van der Waals surface area contributed by atoms with Gasteiger partial charge in [0.2, 0.25) is 0 Å². The second kappa shape index (κ2) is 4.10. The van der Waals surface area contributed by atoms with Gasteiger partial charge in [0.1, 0.15) is 0 Å². The summed E-state index contributed by atoms with van der Waals surface area (Å²) in [7, 11) is 0. The minimum atomic E-state index is -0.467. The molecule has 1 aromatic heterocycles. The lowest BCUT2D eigenvalue weighted by atomic mass is 9.83. The van der Waals surface area contributed by atoms with Gasteiger partial charge in [-0.2, -0.15) is 5.26 Å². The maximum Gasteiger partial charge on any atom is 0.0965 e. The van der Waals surface area contributed by atoms with E-state index in [1.54, 1.807) is 6.20 Å². The van der Waals surface area contributed by atoms with Crippen LogP contribution >= 0.6 is 15.9 Å². The molecule has 0 saturated carbocycles. The average molecular weight is 253 g/mol. The SMILES string of the molecule is CCC(C)(C#N)c1ncc(Br)cc1C. The van der Waals surface area contributed by atoms with E-state index in [0.29, 0.717) is 0 Å². The standard InChI is InChI=1S/C11H13BrN2/c1-4-11(3,7-13)10-8(2)5-9(12)6-14-10/h5-6H,4H2,1-3H3. The molecule has 1 atom stereocenters. The Hall–Kier alpha value is -0.880. The Morgan fingerprint density at radius 3 is 2.71 bits per heavy atom. The Bertz CT molecular complexity index is 381. The van der Waals surface area contributed by atoms with Crippen LogP contribution in [0.4, 0.5) is 0 Å². The van der Waals surface area contributed by atoms with E-state index in [-0.39, 0.29) is 0 Å². The fraction of sp³-hybridized carbons (Fsp3) is 0.455. The Morgan fingerprint density at radius 2 is 2.29 bits per heavy atom. The Labute approximate surface area is 93.1 Å². The lowest BCUT2D eigenvalue weighted by Gasteiger charge is -2.20. The molecule has 1 unspecified atom stereocenters. The lowest BCUT2D eigenvalue weighted by Crippen LogP contribution is -2.21. The molecule has 0 amide bonds. The molecule has 0 spiro atoms. The highest BCUT2D eigenvalue weighted by Gasteiger charge is 2.27. The van der Waals surface area contributed by atoms with Crippen LogP contribution in [0.3, 0.4) is 0 Å².